The topological polar surface area (TPSA) is 15.3 Å². The number of benzene rings is 1. The summed E-state index contributed by atoms with van der Waals surface area (Å²) in [5.41, 5.74) is 1.57. The first-order valence-electron chi connectivity index (χ1n) is 8.41. The van der Waals surface area contributed by atoms with Gasteiger partial charge in [0.05, 0.1) is 0 Å². The zero-order chi connectivity index (χ0) is 15.9. The van der Waals surface area contributed by atoms with E-state index in [0.29, 0.717) is 6.04 Å². The molecule has 1 aromatic carbocycles. The molecule has 0 aliphatic carbocycles. The first kappa shape index (κ1) is 18.2. The van der Waals surface area contributed by atoms with Crippen LogP contribution in [-0.4, -0.2) is 30.1 Å². The van der Waals surface area contributed by atoms with E-state index in [1.807, 2.05) is 0 Å². The van der Waals surface area contributed by atoms with Crippen LogP contribution in [0.25, 0.3) is 0 Å². The van der Waals surface area contributed by atoms with Gasteiger partial charge in [0.1, 0.15) is 0 Å². The van der Waals surface area contributed by atoms with Gasteiger partial charge in [0, 0.05) is 24.7 Å². The molecule has 0 bridgehead atoms. The average molecular weight is 290 g/mol. The molecule has 120 valence electrons. The highest BCUT2D eigenvalue weighted by Gasteiger charge is 2.22. The fourth-order valence-electron chi connectivity index (χ4n) is 2.54. The average Bonchev–Trinajstić information content (AvgIpc) is 2.45. The van der Waals surface area contributed by atoms with E-state index in [-0.39, 0.29) is 5.54 Å². The van der Waals surface area contributed by atoms with Gasteiger partial charge in [-0.05, 0) is 38.8 Å². The van der Waals surface area contributed by atoms with Gasteiger partial charge in [-0.15, -0.1) is 0 Å². The standard InChI is InChI=1S/C19H34N2/c1-7-16(3)15-21(8-2)18(14-20-19(4,5)6)17-12-10-9-11-13-17/h9-13,16,18,20H,7-8,14-15H2,1-6H3. The van der Waals surface area contributed by atoms with E-state index >= 15 is 0 Å². The molecule has 1 aromatic rings. The van der Waals surface area contributed by atoms with Crippen LogP contribution in [0.15, 0.2) is 30.3 Å². The number of likely N-dealkylation sites (N-methyl/N-ethyl adjacent to an activating group) is 1. The predicted octanol–water partition coefficient (Wildman–Crippen LogP) is 4.48. The summed E-state index contributed by atoms with van der Waals surface area (Å²) >= 11 is 0. The lowest BCUT2D eigenvalue weighted by Crippen LogP contribution is -2.44. The van der Waals surface area contributed by atoms with E-state index in [1.165, 1.54) is 18.5 Å². The maximum absolute atomic E-state index is 3.68. The fourth-order valence-corrected chi connectivity index (χ4v) is 2.54. The molecule has 0 heterocycles. The van der Waals surface area contributed by atoms with Gasteiger partial charge in [-0.3, -0.25) is 4.90 Å². The van der Waals surface area contributed by atoms with Crippen LogP contribution in [-0.2, 0) is 0 Å². The van der Waals surface area contributed by atoms with Crippen molar-refractivity contribution < 1.29 is 0 Å². The zero-order valence-electron chi connectivity index (χ0n) is 14.8. The van der Waals surface area contributed by atoms with Crippen molar-refractivity contribution in [2.24, 2.45) is 5.92 Å². The summed E-state index contributed by atoms with van der Waals surface area (Å²) in [4.78, 5) is 2.61. The molecule has 0 saturated carbocycles. The van der Waals surface area contributed by atoms with Gasteiger partial charge in [0.25, 0.3) is 0 Å². The van der Waals surface area contributed by atoms with Crippen LogP contribution in [0.1, 0.15) is 59.6 Å². The van der Waals surface area contributed by atoms with Crippen molar-refractivity contribution in [2.75, 3.05) is 19.6 Å². The second-order valence-electron chi connectivity index (χ2n) is 7.16. The number of nitrogens with one attached hydrogen (secondary N) is 1. The fraction of sp³-hybridized carbons (Fsp3) is 0.684. The Labute approximate surface area is 131 Å². The highest BCUT2D eigenvalue weighted by atomic mass is 15.2. The van der Waals surface area contributed by atoms with Crippen molar-refractivity contribution in [3.8, 4) is 0 Å². The van der Waals surface area contributed by atoms with E-state index in [4.69, 9.17) is 0 Å². The van der Waals surface area contributed by atoms with E-state index < -0.39 is 0 Å². The lowest BCUT2D eigenvalue weighted by Gasteiger charge is -2.35. The molecule has 0 fully saturated rings. The molecule has 0 spiro atoms. The minimum atomic E-state index is 0.156. The van der Waals surface area contributed by atoms with Gasteiger partial charge in [0.15, 0.2) is 0 Å². The van der Waals surface area contributed by atoms with Gasteiger partial charge in [0.2, 0.25) is 0 Å². The molecule has 2 unspecified atom stereocenters. The van der Waals surface area contributed by atoms with Gasteiger partial charge in [-0.1, -0.05) is 57.5 Å². The molecule has 0 aliphatic heterocycles. The van der Waals surface area contributed by atoms with Crippen molar-refractivity contribution in [3.05, 3.63) is 35.9 Å². The normalized spacial score (nSPS) is 15.2. The van der Waals surface area contributed by atoms with Gasteiger partial charge >= 0.3 is 0 Å². The molecule has 1 N–H and O–H groups in total. The summed E-state index contributed by atoms with van der Waals surface area (Å²) in [7, 11) is 0. The van der Waals surface area contributed by atoms with Crippen LogP contribution in [0.5, 0.6) is 0 Å². The van der Waals surface area contributed by atoms with Gasteiger partial charge < -0.3 is 5.32 Å². The first-order valence-corrected chi connectivity index (χ1v) is 8.41. The summed E-state index contributed by atoms with van der Waals surface area (Å²) in [5, 5.41) is 3.68. The van der Waals surface area contributed by atoms with Crippen LogP contribution in [0.2, 0.25) is 0 Å². The van der Waals surface area contributed by atoms with Crippen LogP contribution in [0.3, 0.4) is 0 Å². The molecular formula is C19H34N2. The molecule has 0 amide bonds. The third kappa shape index (κ3) is 6.62. The van der Waals surface area contributed by atoms with Gasteiger partial charge in [-0.25, -0.2) is 0 Å². The summed E-state index contributed by atoms with van der Waals surface area (Å²) in [6, 6.07) is 11.4. The summed E-state index contributed by atoms with van der Waals surface area (Å²) in [6.07, 6.45) is 1.24. The number of rotatable bonds is 8. The van der Waals surface area contributed by atoms with Gasteiger partial charge in [-0.2, -0.15) is 0 Å². The molecule has 2 heteroatoms. The molecule has 21 heavy (non-hydrogen) atoms. The SMILES string of the molecule is CCC(C)CN(CC)C(CNC(C)(C)C)c1ccccc1. The number of hydrogen-bond donors (Lipinski definition) is 1. The summed E-state index contributed by atoms with van der Waals surface area (Å²) in [6.45, 7) is 16.9. The number of nitrogens with zero attached hydrogens (tertiary/aromatic N) is 1. The van der Waals surface area contributed by atoms with Crippen molar-refractivity contribution in [1.29, 1.82) is 0 Å². The number of hydrogen-bond acceptors (Lipinski definition) is 2. The second kappa shape index (κ2) is 8.55. The smallest absolute Gasteiger partial charge is 0.0472 e. The van der Waals surface area contributed by atoms with Crippen molar-refractivity contribution >= 4 is 0 Å². The minimum absolute atomic E-state index is 0.156. The van der Waals surface area contributed by atoms with E-state index in [1.54, 1.807) is 0 Å². The minimum Gasteiger partial charge on any atom is -0.310 e. The Morgan fingerprint density at radius 2 is 1.71 bits per heavy atom. The molecule has 1 rings (SSSR count). The third-order valence-electron chi connectivity index (χ3n) is 4.10. The Balaban J connectivity index is 2.88. The second-order valence-corrected chi connectivity index (χ2v) is 7.16. The Morgan fingerprint density at radius 1 is 1.10 bits per heavy atom. The Bertz CT molecular complexity index is 380. The van der Waals surface area contributed by atoms with Crippen molar-refractivity contribution in [1.82, 2.24) is 10.2 Å². The molecule has 0 saturated heterocycles. The van der Waals surface area contributed by atoms with Crippen LogP contribution < -0.4 is 5.32 Å². The largest absolute Gasteiger partial charge is 0.310 e. The molecule has 2 atom stereocenters. The lowest BCUT2D eigenvalue weighted by atomic mass is 10.0. The Kier molecular flexibility index (Phi) is 7.41. The third-order valence-corrected chi connectivity index (χ3v) is 4.10. The predicted molar refractivity (Wildman–Crippen MR) is 93.6 cm³/mol. The van der Waals surface area contributed by atoms with Crippen LogP contribution in [0.4, 0.5) is 0 Å². The summed E-state index contributed by atoms with van der Waals surface area (Å²) < 4.78 is 0. The van der Waals surface area contributed by atoms with Crippen molar-refractivity contribution in [2.45, 2.75) is 59.5 Å². The van der Waals surface area contributed by atoms with Crippen LogP contribution in [0, 0.1) is 5.92 Å². The highest BCUT2D eigenvalue weighted by molar-refractivity contribution is 5.19. The van der Waals surface area contributed by atoms with Crippen molar-refractivity contribution in [3.63, 3.8) is 0 Å². The highest BCUT2D eigenvalue weighted by Crippen LogP contribution is 2.22. The van der Waals surface area contributed by atoms with E-state index in [2.05, 4.69) is 82.1 Å². The lowest BCUT2D eigenvalue weighted by molar-refractivity contribution is 0.167. The van der Waals surface area contributed by atoms with Crippen LogP contribution >= 0.6 is 0 Å². The zero-order valence-corrected chi connectivity index (χ0v) is 14.8. The van der Waals surface area contributed by atoms with E-state index in [0.717, 1.165) is 19.0 Å². The summed E-state index contributed by atoms with van der Waals surface area (Å²) in [5.74, 6) is 0.741. The maximum atomic E-state index is 3.68. The molecule has 0 aromatic heterocycles. The molecular weight excluding hydrogens is 256 g/mol. The quantitative estimate of drug-likeness (QED) is 0.759. The molecule has 2 nitrogen and oxygen atoms in total. The molecule has 0 aliphatic rings. The maximum Gasteiger partial charge on any atom is 0.0472 e. The Hall–Kier alpha value is -0.860. The Morgan fingerprint density at radius 3 is 2.19 bits per heavy atom. The van der Waals surface area contributed by atoms with E-state index in [9.17, 15) is 0 Å². The molecule has 0 radical (unpaired) electrons. The monoisotopic (exact) mass is 290 g/mol. The first-order chi connectivity index (χ1) is 9.87.